The predicted molar refractivity (Wildman–Crippen MR) is 90.8 cm³/mol. The van der Waals surface area contributed by atoms with Crippen molar-refractivity contribution in [1.82, 2.24) is 9.88 Å². The summed E-state index contributed by atoms with van der Waals surface area (Å²) < 4.78 is 0. The number of pyridine rings is 1. The molecule has 0 radical (unpaired) electrons. The van der Waals surface area contributed by atoms with Crippen LogP contribution in [0.25, 0.3) is 0 Å². The lowest BCUT2D eigenvalue weighted by Crippen LogP contribution is -2.35. The average Bonchev–Trinajstić information content (AvgIpc) is 3.36. The largest absolute Gasteiger partial charge is 0.338 e. The van der Waals surface area contributed by atoms with Crippen LogP contribution in [-0.4, -0.2) is 28.9 Å². The van der Waals surface area contributed by atoms with E-state index in [2.05, 4.69) is 4.98 Å². The summed E-state index contributed by atoms with van der Waals surface area (Å²) in [5.41, 5.74) is 1.35. The first-order valence-corrected chi connectivity index (χ1v) is 8.22. The van der Waals surface area contributed by atoms with Gasteiger partial charge in [0.2, 0.25) is 5.56 Å². The molecule has 1 amide bonds. The lowest BCUT2D eigenvalue weighted by Gasteiger charge is -2.23. The molecule has 0 atom stereocenters. The first-order chi connectivity index (χ1) is 11.1. The smallest absolute Gasteiger partial charge is 0.254 e. The van der Waals surface area contributed by atoms with Gasteiger partial charge in [-0.3, -0.25) is 9.59 Å². The molecule has 1 heterocycles. The first kappa shape index (κ1) is 15.8. The molecule has 4 nitrogen and oxygen atoms in total. The Labute approximate surface area is 140 Å². The fraction of sp³-hybridized carbons (Fsp3) is 0.333. The summed E-state index contributed by atoms with van der Waals surface area (Å²) >= 11 is 5.90. The van der Waals surface area contributed by atoms with E-state index in [4.69, 9.17) is 11.6 Å². The average molecular weight is 331 g/mol. The summed E-state index contributed by atoms with van der Waals surface area (Å²) in [7, 11) is 0. The zero-order chi connectivity index (χ0) is 16.2. The van der Waals surface area contributed by atoms with Crippen LogP contribution in [0.1, 0.15) is 28.8 Å². The number of halogens is 1. The molecule has 1 saturated carbocycles. The van der Waals surface area contributed by atoms with E-state index >= 15 is 0 Å². The Hall–Kier alpha value is -2.07. The van der Waals surface area contributed by atoms with Crippen molar-refractivity contribution in [3.8, 4) is 0 Å². The topological polar surface area (TPSA) is 53.2 Å². The molecule has 1 aromatic carbocycles. The molecule has 0 bridgehead atoms. The number of carbonyl (C=O) groups is 1. The van der Waals surface area contributed by atoms with Gasteiger partial charge in [-0.2, -0.15) is 0 Å². The maximum Gasteiger partial charge on any atom is 0.254 e. The third kappa shape index (κ3) is 4.45. The Morgan fingerprint density at radius 3 is 2.61 bits per heavy atom. The molecule has 1 N–H and O–H groups in total. The fourth-order valence-corrected chi connectivity index (χ4v) is 2.69. The van der Waals surface area contributed by atoms with Crippen molar-refractivity contribution in [2.75, 3.05) is 13.1 Å². The van der Waals surface area contributed by atoms with Gasteiger partial charge in [-0.25, -0.2) is 0 Å². The normalized spacial score (nSPS) is 13.8. The van der Waals surface area contributed by atoms with Crippen molar-refractivity contribution < 1.29 is 4.79 Å². The third-order valence-electron chi connectivity index (χ3n) is 4.07. The molecular weight excluding hydrogens is 312 g/mol. The Morgan fingerprint density at radius 1 is 1.22 bits per heavy atom. The van der Waals surface area contributed by atoms with Crippen molar-refractivity contribution in [3.05, 3.63) is 69.1 Å². The molecule has 1 fully saturated rings. The molecule has 2 aromatic rings. The van der Waals surface area contributed by atoms with Gasteiger partial charge in [-0.1, -0.05) is 23.7 Å². The van der Waals surface area contributed by atoms with Crippen molar-refractivity contribution >= 4 is 17.5 Å². The number of aromatic nitrogens is 1. The lowest BCUT2D eigenvalue weighted by atomic mass is 10.1. The van der Waals surface area contributed by atoms with Gasteiger partial charge in [0.15, 0.2) is 0 Å². The van der Waals surface area contributed by atoms with Gasteiger partial charge in [-0.15, -0.1) is 0 Å². The van der Waals surface area contributed by atoms with E-state index < -0.39 is 0 Å². The second-order valence-corrected chi connectivity index (χ2v) is 6.45. The van der Waals surface area contributed by atoms with E-state index in [0.717, 1.165) is 18.5 Å². The quantitative estimate of drug-likeness (QED) is 0.884. The van der Waals surface area contributed by atoms with E-state index in [-0.39, 0.29) is 11.5 Å². The molecule has 1 aliphatic carbocycles. The highest BCUT2D eigenvalue weighted by atomic mass is 35.5. The summed E-state index contributed by atoms with van der Waals surface area (Å²) in [5, 5.41) is 0.711. The summed E-state index contributed by atoms with van der Waals surface area (Å²) in [6.45, 7) is 1.41. The van der Waals surface area contributed by atoms with E-state index in [1.54, 1.807) is 6.07 Å². The minimum Gasteiger partial charge on any atom is -0.338 e. The molecule has 0 unspecified atom stereocenters. The van der Waals surface area contributed by atoms with Crippen molar-refractivity contribution in [3.63, 3.8) is 0 Å². The number of rotatable bonds is 6. The van der Waals surface area contributed by atoms with E-state index in [9.17, 15) is 9.59 Å². The number of aromatic amines is 1. The zero-order valence-electron chi connectivity index (χ0n) is 12.8. The highest BCUT2D eigenvalue weighted by molar-refractivity contribution is 6.30. The molecule has 0 spiro atoms. The molecule has 0 saturated heterocycles. The van der Waals surface area contributed by atoms with Crippen molar-refractivity contribution in [2.24, 2.45) is 5.92 Å². The number of nitrogens with one attached hydrogen (secondary N) is 1. The Balaban J connectivity index is 1.70. The molecule has 3 rings (SSSR count). The minimum atomic E-state index is -0.250. The van der Waals surface area contributed by atoms with E-state index in [1.807, 2.05) is 29.2 Å². The van der Waals surface area contributed by atoms with Crippen LogP contribution in [0.5, 0.6) is 0 Å². The number of H-pyrrole nitrogens is 1. The standard InChI is InChI=1S/C18H19ClN2O2/c19-16-5-3-13(4-6-16)8-10-21(12-14-1-2-14)18(23)15-7-9-20-17(22)11-15/h3-7,9,11,14H,1-2,8,10,12H2,(H,20,22). The van der Waals surface area contributed by atoms with Gasteiger partial charge in [0.1, 0.15) is 0 Å². The number of hydrogen-bond acceptors (Lipinski definition) is 2. The summed E-state index contributed by atoms with van der Waals surface area (Å²) in [6.07, 6.45) is 4.66. The number of benzene rings is 1. The van der Waals surface area contributed by atoms with Crippen LogP contribution in [0.2, 0.25) is 5.02 Å². The van der Waals surface area contributed by atoms with Gasteiger partial charge in [0.05, 0.1) is 0 Å². The highest BCUT2D eigenvalue weighted by Crippen LogP contribution is 2.30. The van der Waals surface area contributed by atoms with Gasteiger partial charge in [-0.05, 0) is 48.9 Å². The van der Waals surface area contributed by atoms with Gasteiger partial charge in [0.25, 0.3) is 5.91 Å². The number of carbonyl (C=O) groups excluding carboxylic acids is 1. The molecule has 23 heavy (non-hydrogen) atoms. The second-order valence-electron chi connectivity index (χ2n) is 6.01. The van der Waals surface area contributed by atoms with Gasteiger partial charge >= 0.3 is 0 Å². The highest BCUT2D eigenvalue weighted by Gasteiger charge is 2.27. The fourth-order valence-electron chi connectivity index (χ4n) is 2.56. The summed E-state index contributed by atoms with van der Waals surface area (Å²) in [6, 6.07) is 10.7. The van der Waals surface area contributed by atoms with Crippen LogP contribution in [-0.2, 0) is 6.42 Å². The van der Waals surface area contributed by atoms with Crippen molar-refractivity contribution in [2.45, 2.75) is 19.3 Å². The predicted octanol–water partition coefficient (Wildman–Crippen LogP) is 3.12. The third-order valence-corrected chi connectivity index (χ3v) is 4.32. The Morgan fingerprint density at radius 2 is 1.96 bits per heavy atom. The monoisotopic (exact) mass is 330 g/mol. The molecule has 0 aliphatic heterocycles. The molecule has 1 aliphatic rings. The van der Waals surface area contributed by atoms with Crippen LogP contribution in [0.15, 0.2) is 47.4 Å². The number of hydrogen-bond donors (Lipinski definition) is 1. The maximum atomic E-state index is 12.7. The second kappa shape index (κ2) is 7.01. The lowest BCUT2D eigenvalue weighted by molar-refractivity contribution is 0.0749. The van der Waals surface area contributed by atoms with Crippen LogP contribution in [0.3, 0.4) is 0 Å². The molecule has 5 heteroatoms. The Bertz CT molecular complexity index is 735. The number of amides is 1. The maximum absolute atomic E-state index is 12.7. The minimum absolute atomic E-state index is 0.0723. The summed E-state index contributed by atoms with van der Waals surface area (Å²) in [5.74, 6) is 0.531. The van der Waals surface area contributed by atoms with E-state index in [1.165, 1.54) is 25.1 Å². The van der Waals surface area contributed by atoms with Crippen molar-refractivity contribution in [1.29, 1.82) is 0 Å². The van der Waals surface area contributed by atoms with Gasteiger partial charge in [0, 0.05) is 35.9 Å². The molecular formula is C18H19ClN2O2. The molecule has 1 aromatic heterocycles. The molecule has 120 valence electrons. The zero-order valence-corrected chi connectivity index (χ0v) is 13.6. The first-order valence-electron chi connectivity index (χ1n) is 7.84. The van der Waals surface area contributed by atoms with Crippen LogP contribution >= 0.6 is 11.6 Å². The van der Waals surface area contributed by atoms with E-state index in [0.29, 0.717) is 23.0 Å². The SMILES string of the molecule is O=C(c1cc[nH]c(=O)c1)N(CCc1ccc(Cl)cc1)CC1CC1. The Kier molecular flexibility index (Phi) is 4.82. The summed E-state index contributed by atoms with van der Waals surface area (Å²) in [4.78, 5) is 28.5. The van der Waals surface area contributed by atoms with Crippen LogP contribution < -0.4 is 5.56 Å². The van der Waals surface area contributed by atoms with Gasteiger partial charge < -0.3 is 9.88 Å². The van der Waals surface area contributed by atoms with Crippen LogP contribution in [0, 0.1) is 5.92 Å². The number of nitrogens with zero attached hydrogens (tertiary/aromatic N) is 1. The van der Waals surface area contributed by atoms with Crippen LogP contribution in [0.4, 0.5) is 0 Å².